The van der Waals surface area contributed by atoms with E-state index in [9.17, 15) is 14.7 Å². The zero-order valence-electron chi connectivity index (χ0n) is 16.3. The number of likely N-dealkylation sites (N-methyl/N-ethyl adjacent to an activating group) is 1. The quantitative estimate of drug-likeness (QED) is 0.771. The molecule has 1 aromatic rings. The highest BCUT2D eigenvalue weighted by atomic mass is 32.2. The summed E-state index contributed by atoms with van der Waals surface area (Å²) in [5.74, 6) is 2.16. The van der Waals surface area contributed by atoms with Crippen molar-refractivity contribution in [3.05, 3.63) is 27.8 Å². The van der Waals surface area contributed by atoms with Crippen LogP contribution >= 0.6 is 11.8 Å². The second-order valence-corrected chi connectivity index (χ2v) is 8.92. The lowest BCUT2D eigenvalue weighted by atomic mass is 9.75. The fourth-order valence-electron chi connectivity index (χ4n) is 4.35. The average molecular weight is 395 g/mol. The van der Waals surface area contributed by atoms with E-state index >= 15 is 0 Å². The molecular weight excluding hydrogens is 364 g/mol. The van der Waals surface area contributed by atoms with Crippen molar-refractivity contribution >= 4 is 17.7 Å². The normalized spacial score (nSPS) is 22.7. The van der Waals surface area contributed by atoms with E-state index in [1.54, 1.807) is 6.92 Å². The highest BCUT2D eigenvalue weighted by Gasteiger charge is 2.41. The molecule has 150 valence electrons. The maximum Gasteiger partial charge on any atom is 0.227 e. The van der Waals surface area contributed by atoms with Crippen molar-refractivity contribution in [3.8, 4) is 5.75 Å². The van der Waals surface area contributed by atoms with Crippen LogP contribution in [0.5, 0.6) is 5.75 Å². The molecule has 7 heteroatoms. The summed E-state index contributed by atoms with van der Waals surface area (Å²) in [4.78, 5) is 27.3. The maximum atomic E-state index is 12.8. The fraction of sp³-hybridized carbons (Fsp3) is 0.700. The Hall–Kier alpha value is -1.47. The van der Waals surface area contributed by atoms with Gasteiger partial charge in [-0.2, -0.15) is 11.8 Å². The predicted molar refractivity (Wildman–Crippen MR) is 108 cm³/mol. The van der Waals surface area contributed by atoms with Gasteiger partial charge < -0.3 is 14.8 Å². The summed E-state index contributed by atoms with van der Waals surface area (Å²) in [5, 5.41) is 13.5. The minimum atomic E-state index is -0.606. The van der Waals surface area contributed by atoms with E-state index in [4.69, 9.17) is 4.42 Å². The van der Waals surface area contributed by atoms with Crippen LogP contribution in [-0.2, 0) is 10.2 Å². The summed E-state index contributed by atoms with van der Waals surface area (Å²) >= 11 is 1.83. The van der Waals surface area contributed by atoms with Crippen molar-refractivity contribution in [2.75, 3.05) is 31.1 Å². The summed E-state index contributed by atoms with van der Waals surface area (Å²) in [7, 11) is 0. The Morgan fingerprint density at radius 2 is 2.19 bits per heavy atom. The van der Waals surface area contributed by atoms with E-state index in [0.29, 0.717) is 24.1 Å². The minimum absolute atomic E-state index is 0.0339. The van der Waals surface area contributed by atoms with Crippen molar-refractivity contribution in [1.82, 2.24) is 10.2 Å². The van der Waals surface area contributed by atoms with Gasteiger partial charge in [-0.3, -0.25) is 14.5 Å². The van der Waals surface area contributed by atoms with Crippen molar-refractivity contribution in [3.63, 3.8) is 0 Å². The molecule has 0 aliphatic carbocycles. The van der Waals surface area contributed by atoms with E-state index in [1.165, 1.54) is 12.5 Å². The lowest BCUT2D eigenvalue weighted by Gasteiger charge is -2.36. The molecule has 1 atom stereocenters. The Bertz CT molecular complexity index is 727. The summed E-state index contributed by atoms with van der Waals surface area (Å²) in [6, 6.07) is 1.70. The molecule has 6 nitrogen and oxygen atoms in total. The first-order valence-electron chi connectivity index (χ1n) is 9.88. The molecular formula is C20H30N2O4S. The van der Waals surface area contributed by atoms with Gasteiger partial charge in [-0.15, -0.1) is 0 Å². The number of hydrogen-bond acceptors (Lipinski definition) is 6. The second kappa shape index (κ2) is 8.69. The Morgan fingerprint density at radius 1 is 1.44 bits per heavy atom. The summed E-state index contributed by atoms with van der Waals surface area (Å²) in [6.45, 7) is 6.61. The molecule has 2 saturated heterocycles. The number of hydrogen-bond donors (Lipinski definition) is 2. The zero-order valence-corrected chi connectivity index (χ0v) is 17.1. The standard InChI is InChI=1S/C20H30N2O4S/c1-3-22-8-4-5-15(22)13-21-17(24)12-20(6-9-27-10-7-20)19-18(25)16(23)11-14(2)26-19/h11,15,25H,3-10,12-13H2,1-2H3,(H,21,24). The first kappa shape index (κ1) is 20.3. The first-order valence-corrected chi connectivity index (χ1v) is 11.0. The Balaban J connectivity index is 1.75. The fourth-order valence-corrected chi connectivity index (χ4v) is 5.63. The van der Waals surface area contributed by atoms with Crippen molar-refractivity contribution < 1.29 is 14.3 Å². The SMILES string of the molecule is CCN1CCCC1CNC(=O)CC1(c2oc(C)cc(=O)c2O)CCSCC1. The molecule has 3 rings (SSSR count). The van der Waals surface area contributed by atoms with E-state index in [1.807, 2.05) is 11.8 Å². The van der Waals surface area contributed by atoms with Gasteiger partial charge in [-0.1, -0.05) is 6.92 Å². The minimum Gasteiger partial charge on any atom is -0.502 e. The molecule has 0 bridgehead atoms. The van der Waals surface area contributed by atoms with Gasteiger partial charge in [0.1, 0.15) is 5.76 Å². The summed E-state index contributed by atoms with van der Waals surface area (Å²) in [5.41, 5.74) is -1.04. The van der Waals surface area contributed by atoms with E-state index in [2.05, 4.69) is 17.1 Å². The van der Waals surface area contributed by atoms with Gasteiger partial charge in [-0.25, -0.2) is 0 Å². The van der Waals surface area contributed by atoms with Gasteiger partial charge in [0.05, 0.1) is 0 Å². The third kappa shape index (κ3) is 4.51. The van der Waals surface area contributed by atoms with Crippen molar-refractivity contribution in [2.24, 2.45) is 0 Å². The molecule has 0 radical (unpaired) electrons. The maximum absolute atomic E-state index is 12.8. The molecule has 1 aromatic heterocycles. The molecule has 2 aliphatic heterocycles. The molecule has 0 aromatic carbocycles. The van der Waals surface area contributed by atoms with E-state index < -0.39 is 10.8 Å². The number of rotatable bonds is 6. The number of nitrogens with zero attached hydrogens (tertiary/aromatic N) is 1. The van der Waals surface area contributed by atoms with Crippen LogP contribution in [0, 0.1) is 6.92 Å². The Morgan fingerprint density at radius 3 is 2.89 bits per heavy atom. The summed E-state index contributed by atoms with van der Waals surface area (Å²) < 4.78 is 5.80. The molecule has 1 amide bonds. The highest BCUT2D eigenvalue weighted by Crippen LogP contribution is 2.43. The van der Waals surface area contributed by atoms with Crippen LogP contribution in [0.25, 0.3) is 0 Å². The Kier molecular flexibility index (Phi) is 6.52. The van der Waals surface area contributed by atoms with Gasteiger partial charge in [0.15, 0.2) is 5.76 Å². The number of thioether (sulfide) groups is 1. The van der Waals surface area contributed by atoms with Crippen LogP contribution in [-0.4, -0.2) is 53.1 Å². The summed E-state index contributed by atoms with van der Waals surface area (Å²) in [6.07, 6.45) is 3.97. The third-order valence-electron chi connectivity index (χ3n) is 5.92. The van der Waals surface area contributed by atoms with Crippen molar-refractivity contribution in [1.29, 1.82) is 0 Å². The monoisotopic (exact) mass is 394 g/mol. The number of likely N-dealkylation sites (tertiary alicyclic amines) is 1. The molecule has 0 spiro atoms. The molecule has 0 saturated carbocycles. The number of aromatic hydroxyl groups is 1. The van der Waals surface area contributed by atoms with Crippen LogP contribution < -0.4 is 10.7 Å². The molecule has 1 unspecified atom stereocenters. The van der Waals surface area contributed by atoms with Crippen LogP contribution in [0.1, 0.15) is 50.5 Å². The lowest BCUT2D eigenvalue weighted by molar-refractivity contribution is -0.122. The second-order valence-electron chi connectivity index (χ2n) is 7.70. The van der Waals surface area contributed by atoms with Crippen LogP contribution in [0.3, 0.4) is 0 Å². The average Bonchev–Trinajstić information content (AvgIpc) is 3.11. The van der Waals surface area contributed by atoms with Gasteiger partial charge >= 0.3 is 0 Å². The largest absolute Gasteiger partial charge is 0.502 e. The molecule has 2 N–H and O–H groups in total. The van der Waals surface area contributed by atoms with Gasteiger partial charge in [-0.05, 0) is 57.2 Å². The number of aryl methyl sites for hydroxylation is 1. The lowest BCUT2D eigenvalue weighted by Crippen LogP contribution is -2.43. The van der Waals surface area contributed by atoms with E-state index in [-0.39, 0.29) is 18.1 Å². The molecule has 3 heterocycles. The predicted octanol–water partition coefficient (Wildman–Crippen LogP) is 2.41. The third-order valence-corrected chi connectivity index (χ3v) is 6.90. The molecule has 2 aliphatic rings. The molecule has 27 heavy (non-hydrogen) atoms. The van der Waals surface area contributed by atoms with Gasteiger partial charge in [0, 0.05) is 30.5 Å². The smallest absolute Gasteiger partial charge is 0.227 e. The number of nitrogens with one attached hydrogen (secondary N) is 1. The van der Waals surface area contributed by atoms with Crippen LogP contribution in [0.15, 0.2) is 15.3 Å². The zero-order chi connectivity index (χ0) is 19.4. The topological polar surface area (TPSA) is 82.8 Å². The Labute approximate surface area is 164 Å². The molecule has 2 fully saturated rings. The number of amides is 1. The van der Waals surface area contributed by atoms with Crippen LogP contribution in [0.2, 0.25) is 0 Å². The number of carbonyl (C=O) groups is 1. The number of carbonyl (C=O) groups excluding carboxylic acids is 1. The van der Waals surface area contributed by atoms with Gasteiger partial charge in [0.25, 0.3) is 0 Å². The van der Waals surface area contributed by atoms with Crippen LogP contribution in [0.4, 0.5) is 0 Å². The van der Waals surface area contributed by atoms with Crippen molar-refractivity contribution in [2.45, 2.75) is 57.4 Å². The first-order chi connectivity index (χ1) is 12.9. The highest BCUT2D eigenvalue weighted by molar-refractivity contribution is 7.99. The van der Waals surface area contributed by atoms with E-state index in [0.717, 1.165) is 43.9 Å². The van der Waals surface area contributed by atoms with Gasteiger partial charge in [0.2, 0.25) is 17.1 Å².